The molecule has 0 aliphatic heterocycles. The van der Waals surface area contributed by atoms with Crippen LogP contribution in [0.4, 0.5) is 0 Å². The number of hydrogen-bond acceptors (Lipinski definition) is 2. The number of allylic oxidation sites excluding steroid dienone is 1. The van der Waals surface area contributed by atoms with E-state index in [2.05, 4.69) is 13.0 Å². The maximum Gasteiger partial charge on any atom is 0.333 e. The van der Waals surface area contributed by atoms with Gasteiger partial charge in [-0.15, -0.1) is 0 Å². The molecule has 0 aromatic rings. The summed E-state index contributed by atoms with van der Waals surface area (Å²) < 4.78 is 5.04. The second-order valence-corrected chi connectivity index (χ2v) is 5.16. The van der Waals surface area contributed by atoms with Crippen molar-refractivity contribution in [1.82, 2.24) is 0 Å². The summed E-state index contributed by atoms with van der Waals surface area (Å²) in [5.74, 6) is 1.55. The Balaban J connectivity index is 2.41. The van der Waals surface area contributed by atoms with Crippen molar-refractivity contribution in [2.24, 2.45) is 11.8 Å². The zero-order chi connectivity index (χ0) is 12.7. The number of ether oxygens (including phenoxy) is 1. The molecule has 98 valence electrons. The predicted octanol–water partition coefficient (Wildman–Crippen LogP) is 4.10. The third-order valence-electron chi connectivity index (χ3n) is 3.75. The summed E-state index contributed by atoms with van der Waals surface area (Å²) in [6.07, 6.45) is 9.27. The fourth-order valence-corrected chi connectivity index (χ4v) is 2.47. The minimum Gasteiger partial charge on any atom is -0.463 e. The third kappa shape index (κ3) is 4.93. The highest BCUT2D eigenvalue weighted by atomic mass is 16.5. The molecule has 0 amide bonds. The molecule has 0 N–H and O–H groups in total. The molecule has 0 bridgehead atoms. The van der Waals surface area contributed by atoms with Crippen LogP contribution in [0.1, 0.15) is 59.3 Å². The summed E-state index contributed by atoms with van der Waals surface area (Å²) in [5.41, 5.74) is 0.852. The first-order chi connectivity index (χ1) is 8.17. The molecule has 1 rings (SSSR count). The van der Waals surface area contributed by atoms with Crippen molar-refractivity contribution in [2.75, 3.05) is 6.61 Å². The summed E-state index contributed by atoms with van der Waals surface area (Å²) in [6, 6.07) is 0. The molecule has 0 atom stereocenters. The number of esters is 1. The van der Waals surface area contributed by atoms with E-state index in [0.29, 0.717) is 6.61 Å². The minimum atomic E-state index is -0.126. The van der Waals surface area contributed by atoms with E-state index in [-0.39, 0.29) is 5.97 Å². The van der Waals surface area contributed by atoms with Gasteiger partial charge in [0.15, 0.2) is 0 Å². The molecule has 2 heteroatoms. The number of hydrogen-bond donors (Lipinski definition) is 0. The zero-order valence-electron chi connectivity index (χ0n) is 11.5. The van der Waals surface area contributed by atoms with Gasteiger partial charge >= 0.3 is 5.97 Å². The van der Waals surface area contributed by atoms with Gasteiger partial charge in [0.2, 0.25) is 0 Å². The van der Waals surface area contributed by atoms with Crippen LogP contribution in [0.25, 0.3) is 0 Å². The monoisotopic (exact) mass is 238 g/mol. The van der Waals surface area contributed by atoms with Crippen LogP contribution >= 0.6 is 0 Å². The van der Waals surface area contributed by atoms with E-state index in [1.54, 1.807) is 0 Å². The van der Waals surface area contributed by atoms with Gasteiger partial charge in [0.05, 0.1) is 6.61 Å². The lowest BCUT2D eigenvalue weighted by molar-refractivity contribution is -0.138. The van der Waals surface area contributed by atoms with Gasteiger partial charge < -0.3 is 4.74 Å². The van der Waals surface area contributed by atoms with Crippen molar-refractivity contribution in [3.05, 3.63) is 11.6 Å². The molecule has 2 nitrogen and oxygen atoms in total. The molecule has 1 aliphatic rings. The summed E-state index contributed by atoms with van der Waals surface area (Å²) in [4.78, 5) is 11.6. The fraction of sp³-hybridized carbons (Fsp3) is 0.800. The molecular formula is C15H26O2. The van der Waals surface area contributed by atoms with Crippen molar-refractivity contribution < 1.29 is 9.53 Å². The molecule has 1 aliphatic carbocycles. The van der Waals surface area contributed by atoms with Crippen LogP contribution in [0.15, 0.2) is 11.6 Å². The van der Waals surface area contributed by atoms with Crippen molar-refractivity contribution >= 4 is 5.97 Å². The standard InChI is InChI=1S/C15H26O2/c1-4-14(15(16)17-5-2)11-10-13-8-6-12(3)7-9-13/h11-13H,4-10H2,1-3H3/b14-11+. The second kappa shape index (κ2) is 7.52. The van der Waals surface area contributed by atoms with Crippen LogP contribution in [0.5, 0.6) is 0 Å². The molecule has 1 saturated carbocycles. The normalized spacial score (nSPS) is 25.7. The van der Waals surface area contributed by atoms with Crippen LogP contribution in [-0.2, 0) is 9.53 Å². The minimum absolute atomic E-state index is 0.126. The van der Waals surface area contributed by atoms with Crippen LogP contribution < -0.4 is 0 Å². The van der Waals surface area contributed by atoms with Gasteiger partial charge in [0.25, 0.3) is 0 Å². The molecule has 0 unspecified atom stereocenters. The SMILES string of the molecule is CCOC(=O)/C(=C/CC1CCC(C)CC1)CC. The molecule has 0 aromatic heterocycles. The summed E-state index contributed by atoms with van der Waals surface area (Å²) in [7, 11) is 0. The van der Waals surface area contributed by atoms with E-state index in [1.807, 2.05) is 13.8 Å². The van der Waals surface area contributed by atoms with Gasteiger partial charge in [-0.3, -0.25) is 0 Å². The van der Waals surface area contributed by atoms with Gasteiger partial charge in [-0.1, -0.05) is 32.8 Å². The van der Waals surface area contributed by atoms with E-state index in [1.165, 1.54) is 25.7 Å². The molecule has 1 fully saturated rings. The first kappa shape index (κ1) is 14.3. The summed E-state index contributed by atoms with van der Waals surface area (Å²) >= 11 is 0. The zero-order valence-corrected chi connectivity index (χ0v) is 11.5. The Kier molecular flexibility index (Phi) is 6.31. The highest BCUT2D eigenvalue weighted by molar-refractivity contribution is 5.88. The van der Waals surface area contributed by atoms with Crippen LogP contribution in [0.3, 0.4) is 0 Å². The first-order valence-corrected chi connectivity index (χ1v) is 7.03. The van der Waals surface area contributed by atoms with Gasteiger partial charge in [-0.2, -0.15) is 0 Å². The number of rotatable bonds is 5. The van der Waals surface area contributed by atoms with Crippen molar-refractivity contribution in [3.8, 4) is 0 Å². The second-order valence-electron chi connectivity index (χ2n) is 5.16. The van der Waals surface area contributed by atoms with Gasteiger partial charge in [-0.05, 0) is 44.4 Å². The maximum absolute atomic E-state index is 11.6. The van der Waals surface area contributed by atoms with Gasteiger partial charge in [-0.25, -0.2) is 4.79 Å². The molecular weight excluding hydrogens is 212 g/mol. The van der Waals surface area contributed by atoms with E-state index >= 15 is 0 Å². The lowest BCUT2D eigenvalue weighted by Gasteiger charge is -2.25. The van der Waals surface area contributed by atoms with E-state index in [9.17, 15) is 4.79 Å². The summed E-state index contributed by atoms with van der Waals surface area (Å²) in [5, 5.41) is 0. The van der Waals surface area contributed by atoms with Crippen LogP contribution in [-0.4, -0.2) is 12.6 Å². The van der Waals surface area contributed by atoms with Crippen molar-refractivity contribution in [3.63, 3.8) is 0 Å². The molecule has 0 heterocycles. The van der Waals surface area contributed by atoms with Crippen LogP contribution in [0, 0.1) is 11.8 Å². The fourth-order valence-electron chi connectivity index (χ4n) is 2.47. The van der Waals surface area contributed by atoms with Gasteiger partial charge in [0.1, 0.15) is 0 Å². The Morgan fingerprint density at radius 1 is 1.24 bits per heavy atom. The largest absolute Gasteiger partial charge is 0.463 e. The third-order valence-corrected chi connectivity index (χ3v) is 3.75. The molecule has 0 spiro atoms. The van der Waals surface area contributed by atoms with E-state index in [4.69, 9.17) is 4.74 Å². The topological polar surface area (TPSA) is 26.3 Å². The Labute approximate surface area is 105 Å². The lowest BCUT2D eigenvalue weighted by atomic mass is 9.81. The Morgan fingerprint density at radius 2 is 1.88 bits per heavy atom. The highest BCUT2D eigenvalue weighted by Crippen LogP contribution is 2.30. The van der Waals surface area contributed by atoms with Crippen molar-refractivity contribution in [2.45, 2.75) is 59.3 Å². The molecule has 17 heavy (non-hydrogen) atoms. The predicted molar refractivity (Wildman–Crippen MR) is 70.7 cm³/mol. The van der Waals surface area contributed by atoms with Crippen LogP contribution in [0.2, 0.25) is 0 Å². The van der Waals surface area contributed by atoms with Crippen molar-refractivity contribution in [1.29, 1.82) is 0 Å². The Morgan fingerprint density at radius 3 is 2.41 bits per heavy atom. The Hall–Kier alpha value is -0.790. The smallest absolute Gasteiger partial charge is 0.333 e. The van der Waals surface area contributed by atoms with E-state index < -0.39 is 0 Å². The number of carbonyl (C=O) groups is 1. The first-order valence-electron chi connectivity index (χ1n) is 7.03. The average Bonchev–Trinajstić information content (AvgIpc) is 2.32. The lowest BCUT2D eigenvalue weighted by Crippen LogP contribution is -2.12. The van der Waals surface area contributed by atoms with E-state index in [0.717, 1.165) is 30.3 Å². The molecule has 0 radical (unpaired) electrons. The average molecular weight is 238 g/mol. The maximum atomic E-state index is 11.6. The number of carbonyl (C=O) groups excluding carboxylic acids is 1. The molecule has 0 saturated heterocycles. The summed E-state index contributed by atoms with van der Waals surface area (Å²) in [6.45, 7) is 6.68. The van der Waals surface area contributed by atoms with Gasteiger partial charge in [0, 0.05) is 5.57 Å². The molecule has 0 aromatic carbocycles. The Bertz CT molecular complexity index is 260. The quantitative estimate of drug-likeness (QED) is 0.532. The highest BCUT2D eigenvalue weighted by Gasteiger charge is 2.18.